The van der Waals surface area contributed by atoms with Crippen LogP contribution in [0.1, 0.15) is 47.2 Å². The van der Waals surface area contributed by atoms with E-state index in [1.54, 1.807) is 23.3 Å². The van der Waals surface area contributed by atoms with Gasteiger partial charge in [-0.25, -0.2) is 0 Å². The molecule has 0 bridgehead atoms. The maximum atomic E-state index is 5.97. The summed E-state index contributed by atoms with van der Waals surface area (Å²) in [6.45, 7) is 17.8. The van der Waals surface area contributed by atoms with E-state index in [1.807, 2.05) is 12.5 Å². The van der Waals surface area contributed by atoms with Crippen LogP contribution in [0, 0.1) is 27.7 Å². The first kappa shape index (κ1) is 41.5. The van der Waals surface area contributed by atoms with Gasteiger partial charge in [-0.1, -0.05) is 155 Å². The standard InChI is InChI=1S/2C27H23O.C2H6Si.Zr/c2*1-4-19-9-10-20-14-23(27-24-8-6-5-7-21(24)16-28-27)15-25(20)26(19)22-12-17(2)11-18(3)13-22;1-3-2;/h2*5-16H,4H2,1-3H3;1-2H3;/q2*-1;;+2. The number of benzene rings is 6. The molecule has 10 aromatic rings. The van der Waals surface area contributed by atoms with Gasteiger partial charge in [-0.3, -0.25) is 0 Å². The summed E-state index contributed by atoms with van der Waals surface area (Å²) in [5, 5.41) is 9.77. The van der Waals surface area contributed by atoms with Crippen molar-refractivity contribution in [1.29, 1.82) is 0 Å². The predicted molar refractivity (Wildman–Crippen MR) is 256 cm³/mol. The summed E-state index contributed by atoms with van der Waals surface area (Å²) in [5.41, 5.74) is 15.8. The first-order valence-electron chi connectivity index (χ1n) is 21.1. The van der Waals surface area contributed by atoms with E-state index in [1.165, 1.54) is 88.0 Å². The summed E-state index contributed by atoms with van der Waals surface area (Å²) < 4.78 is 11.9. The van der Waals surface area contributed by atoms with Crippen molar-refractivity contribution < 1.29 is 32.2 Å². The van der Waals surface area contributed by atoms with E-state index in [0.717, 1.165) is 46.3 Å². The summed E-state index contributed by atoms with van der Waals surface area (Å²) in [7, 11) is 0. The van der Waals surface area contributed by atoms with Gasteiger partial charge in [-0.15, -0.1) is 57.9 Å². The molecule has 0 N–H and O–H groups in total. The van der Waals surface area contributed by atoms with Crippen molar-refractivity contribution in [3.05, 3.63) is 179 Å². The van der Waals surface area contributed by atoms with E-state index in [9.17, 15) is 0 Å². The summed E-state index contributed by atoms with van der Waals surface area (Å²) in [6, 6.07) is 48.5. The van der Waals surface area contributed by atoms with Gasteiger partial charge in [0, 0.05) is 10.8 Å². The van der Waals surface area contributed by atoms with Crippen LogP contribution in [0.15, 0.2) is 155 Å². The third-order valence-electron chi connectivity index (χ3n) is 11.3. The molecule has 2 aromatic heterocycles. The van der Waals surface area contributed by atoms with Crippen molar-refractivity contribution in [2.75, 3.05) is 0 Å². The monoisotopic (exact) mass is 874 g/mol. The number of rotatable bonds is 6. The molecule has 0 unspecified atom stereocenters. The van der Waals surface area contributed by atoms with Gasteiger partial charge in [0.25, 0.3) is 0 Å². The molecule has 0 fully saturated rings. The molecule has 2 heterocycles. The topological polar surface area (TPSA) is 26.3 Å². The molecule has 0 atom stereocenters. The van der Waals surface area contributed by atoms with Crippen LogP contribution in [0.3, 0.4) is 0 Å². The van der Waals surface area contributed by atoms with Crippen molar-refractivity contribution in [2.45, 2.75) is 67.5 Å². The fourth-order valence-electron chi connectivity index (χ4n) is 8.86. The Hall–Kier alpha value is -5.28. The zero-order valence-electron chi connectivity index (χ0n) is 36.1. The Morgan fingerprint density at radius 2 is 0.850 bits per heavy atom. The molecule has 0 aliphatic heterocycles. The van der Waals surface area contributed by atoms with E-state index in [-0.39, 0.29) is 5.43 Å². The van der Waals surface area contributed by atoms with Gasteiger partial charge < -0.3 is 8.83 Å². The number of fused-ring (bicyclic) bond motifs is 4. The fourth-order valence-corrected chi connectivity index (χ4v) is 8.86. The van der Waals surface area contributed by atoms with Gasteiger partial charge in [0.1, 0.15) is 0 Å². The van der Waals surface area contributed by atoms with E-state index in [4.69, 9.17) is 8.83 Å². The van der Waals surface area contributed by atoms with Gasteiger partial charge in [-0.05, 0) is 73.6 Å². The van der Waals surface area contributed by atoms with Crippen LogP contribution < -0.4 is 0 Å². The van der Waals surface area contributed by atoms with Gasteiger partial charge in [0.2, 0.25) is 0 Å². The third-order valence-corrected chi connectivity index (χ3v) is 11.3. The number of aryl methyl sites for hydroxylation is 6. The Labute approximate surface area is 370 Å². The molecule has 0 aliphatic carbocycles. The molecule has 8 aromatic carbocycles. The number of furan rings is 2. The second kappa shape index (κ2) is 17.7. The van der Waals surface area contributed by atoms with Crippen molar-refractivity contribution in [2.24, 2.45) is 0 Å². The van der Waals surface area contributed by atoms with Crippen LogP contribution in [0.25, 0.3) is 88.0 Å². The molecule has 0 radical (unpaired) electrons. The van der Waals surface area contributed by atoms with E-state index < -0.39 is 0 Å². The molecule has 0 saturated carbocycles. The summed E-state index contributed by atoms with van der Waals surface area (Å²) in [6.07, 6.45) is 5.74. The van der Waals surface area contributed by atoms with Gasteiger partial charge in [0.05, 0.1) is 24.0 Å². The molecular weight excluding hydrogens is 824 g/mol. The Balaban J connectivity index is 0.000000153. The zero-order chi connectivity index (χ0) is 42.1. The average Bonchev–Trinajstić information content (AvgIpc) is 4.03. The molecule has 0 saturated heterocycles. The number of hydrogen-bond acceptors (Lipinski definition) is 2. The Morgan fingerprint density at radius 1 is 0.483 bits per heavy atom. The SMILES string of the molecule is CCc1ccc2[cH-]c(-c3occ4ccccc34)cc2c1-c1cc(C)cc(C)c1.CCc1ccc2[cH-]c(-c3occ4ccccc34)cc2c1-c1cc(C)cc(C)c1.C[Si](C)=[Zr+2]. The van der Waals surface area contributed by atoms with Crippen LogP contribution in [-0.4, -0.2) is 5.43 Å². The fraction of sp³-hybridized carbons (Fsp3) is 0.179. The van der Waals surface area contributed by atoms with Crippen LogP contribution in [0.5, 0.6) is 0 Å². The van der Waals surface area contributed by atoms with E-state index in [0.29, 0.717) is 0 Å². The van der Waals surface area contributed by atoms with Crippen molar-refractivity contribution >= 4 is 48.5 Å². The predicted octanol–water partition coefficient (Wildman–Crippen LogP) is 16.4. The van der Waals surface area contributed by atoms with Crippen LogP contribution in [-0.2, 0) is 36.2 Å². The first-order valence-corrected chi connectivity index (χ1v) is 27.3. The van der Waals surface area contributed by atoms with E-state index >= 15 is 0 Å². The van der Waals surface area contributed by atoms with Gasteiger partial charge >= 0.3 is 41.9 Å². The summed E-state index contributed by atoms with van der Waals surface area (Å²) >= 11 is 1.74. The van der Waals surface area contributed by atoms with Crippen molar-refractivity contribution in [3.63, 3.8) is 0 Å². The van der Waals surface area contributed by atoms with Gasteiger partial charge in [0.15, 0.2) is 0 Å². The second-order valence-electron chi connectivity index (χ2n) is 16.5. The second-order valence-corrected chi connectivity index (χ2v) is 25.8. The Bertz CT molecular complexity index is 2910. The van der Waals surface area contributed by atoms with Crippen molar-refractivity contribution in [1.82, 2.24) is 0 Å². The Morgan fingerprint density at radius 3 is 1.22 bits per heavy atom. The molecule has 296 valence electrons. The third kappa shape index (κ3) is 8.51. The van der Waals surface area contributed by atoms with E-state index in [2.05, 4.69) is 188 Å². The summed E-state index contributed by atoms with van der Waals surface area (Å²) in [5.74, 6) is 1.91. The maximum absolute atomic E-state index is 5.97. The minimum absolute atomic E-state index is 0.210. The van der Waals surface area contributed by atoms with Gasteiger partial charge in [-0.2, -0.15) is 0 Å². The van der Waals surface area contributed by atoms with Crippen LogP contribution in [0.2, 0.25) is 13.1 Å². The first-order chi connectivity index (χ1) is 29.0. The van der Waals surface area contributed by atoms with Crippen LogP contribution in [0.4, 0.5) is 0 Å². The normalized spacial score (nSPS) is 11.2. The molecular formula is C56H52O2SiZr. The average molecular weight is 876 g/mol. The molecule has 4 heteroatoms. The molecule has 10 rings (SSSR count). The Kier molecular flexibility index (Phi) is 12.3. The quantitative estimate of drug-likeness (QED) is 0.123. The van der Waals surface area contributed by atoms with Crippen LogP contribution >= 0.6 is 0 Å². The minimum atomic E-state index is 0.210. The van der Waals surface area contributed by atoms with Crippen molar-refractivity contribution in [3.8, 4) is 44.9 Å². The molecule has 0 amide bonds. The zero-order valence-corrected chi connectivity index (χ0v) is 39.5. The number of hydrogen-bond donors (Lipinski definition) is 0. The molecule has 60 heavy (non-hydrogen) atoms. The molecule has 0 spiro atoms. The summed E-state index contributed by atoms with van der Waals surface area (Å²) in [4.78, 5) is 0. The molecule has 2 nitrogen and oxygen atoms in total. The molecule has 0 aliphatic rings.